The standard InChI is InChI=1S/C19H27FN6S/c1-13(2)18-24-15(12-27-18)6-9-23-19(21-3)25-14-7-10-26(11-14)17-16(20)5-4-8-22-17/h4-5,8,12-14H,6-7,9-11H2,1-3H3,(H2,21,23,25). The lowest BCUT2D eigenvalue weighted by Crippen LogP contribution is -2.45. The lowest BCUT2D eigenvalue weighted by atomic mass is 10.2. The topological polar surface area (TPSA) is 65.4 Å². The van der Waals surface area contributed by atoms with Crippen LogP contribution in [-0.4, -0.2) is 48.7 Å². The van der Waals surface area contributed by atoms with Crippen LogP contribution in [0.2, 0.25) is 0 Å². The molecule has 27 heavy (non-hydrogen) atoms. The summed E-state index contributed by atoms with van der Waals surface area (Å²) >= 11 is 1.72. The first-order valence-electron chi connectivity index (χ1n) is 9.33. The molecule has 0 bridgehead atoms. The molecule has 0 radical (unpaired) electrons. The minimum absolute atomic E-state index is 0.212. The smallest absolute Gasteiger partial charge is 0.191 e. The first-order chi connectivity index (χ1) is 13.1. The Morgan fingerprint density at radius 2 is 2.33 bits per heavy atom. The average molecular weight is 391 g/mol. The molecular weight excluding hydrogens is 363 g/mol. The average Bonchev–Trinajstić information content (AvgIpc) is 3.31. The van der Waals surface area contributed by atoms with Crippen molar-refractivity contribution in [2.24, 2.45) is 4.99 Å². The molecular formula is C19H27FN6S. The molecule has 2 aromatic rings. The van der Waals surface area contributed by atoms with Crippen LogP contribution in [0.25, 0.3) is 0 Å². The van der Waals surface area contributed by atoms with Crippen LogP contribution < -0.4 is 15.5 Å². The highest BCUT2D eigenvalue weighted by atomic mass is 32.1. The molecule has 8 heteroatoms. The number of nitrogens with zero attached hydrogens (tertiary/aromatic N) is 4. The van der Waals surface area contributed by atoms with Crippen molar-refractivity contribution < 1.29 is 4.39 Å². The molecule has 146 valence electrons. The molecule has 1 aliphatic heterocycles. The summed E-state index contributed by atoms with van der Waals surface area (Å²) in [5, 5.41) is 10.1. The second-order valence-electron chi connectivity index (χ2n) is 6.97. The van der Waals surface area contributed by atoms with E-state index in [0.717, 1.165) is 37.6 Å². The van der Waals surface area contributed by atoms with Gasteiger partial charge in [-0.15, -0.1) is 11.3 Å². The number of nitrogens with one attached hydrogen (secondary N) is 2. The van der Waals surface area contributed by atoms with E-state index < -0.39 is 0 Å². The number of anilines is 1. The van der Waals surface area contributed by atoms with Crippen molar-refractivity contribution in [3.8, 4) is 0 Å². The van der Waals surface area contributed by atoms with Crippen molar-refractivity contribution in [2.75, 3.05) is 31.6 Å². The van der Waals surface area contributed by atoms with Crippen molar-refractivity contribution >= 4 is 23.1 Å². The molecule has 0 spiro atoms. The van der Waals surface area contributed by atoms with E-state index in [2.05, 4.69) is 44.8 Å². The summed E-state index contributed by atoms with van der Waals surface area (Å²) in [4.78, 5) is 15.1. The number of thiazole rings is 1. The molecule has 1 fully saturated rings. The van der Waals surface area contributed by atoms with E-state index in [-0.39, 0.29) is 11.9 Å². The monoisotopic (exact) mass is 390 g/mol. The van der Waals surface area contributed by atoms with Crippen LogP contribution in [0.1, 0.15) is 36.9 Å². The van der Waals surface area contributed by atoms with Crippen molar-refractivity contribution in [3.63, 3.8) is 0 Å². The number of aromatic nitrogens is 2. The normalized spacial score (nSPS) is 17.6. The summed E-state index contributed by atoms with van der Waals surface area (Å²) in [5.41, 5.74) is 1.12. The van der Waals surface area contributed by atoms with Gasteiger partial charge in [0.15, 0.2) is 17.6 Å². The van der Waals surface area contributed by atoms with Gasteiger partial charge in [-0.3, -0.25) is 4.99 Å². The quantitative estimate of drug-likeness (QED) is 0.587. The molecule has 0 amide bonds. The van der Waals surface area contributed by atoms with Crippen LogP contribution in [0.5, 0.6) is 0 Å². The van der Waals surface area contributed by atoms with Crippen LogP contribution in [0, 0.1) is 5.82 Å². The van der Waals surface area contributed by atoms with Crippen LogP contribution >= 0.6 is 11.3 Å². The van der Waals surface area contributed by atoms with Gasteiger partial charge in [0.1, 0.15) is 0 Å². The van der Waals surface area contributed by atoms with E-state index in [1.54, 1.807) is 30.6 Å². The lowest BCUT2D eigenvalue weighted by molar-refractivity contribution is 0.612. The number of hydrogen-bond acceptors (Lipinski definition) is 5. The third kappa shape index (κ3) is 5.15. The number of rotatable bonds is 6. The maximum absolute atomic E-state index is 13.9. The van der Waals surface area contributed by atoms with Gasteiger partial charge < -0.3 is 15.5 Å². The fraction of sp³-hybridized carbons (Fsp3) is 0.526. The molecule has 0 saturated carbocycles. The molecule has 1 aliphatic rings. The van der Waals surface area contributed by atoms with Crippen molar-refractivity contribution in [1.29, 1.82) is 0 Å². The number of guanidine groups is 1. The second kappa shape index (κ2) is 9.12. The summed E-state index contributed by atoms with van der Waals surface area (Å²) in [6, 6.07) is 3.28. The van der Waals surface area contributed by atoms with Gasteiger partial charge in [0.25, 0.3) is 0 Å². The van der Waals surface area contributed by atoms with E-state index in [0.29, 0.717) is 18.3 Å². The fourth-order valence-corrected chi connectivity index (χ4v) is 3.95. The Bertz CT molecular complexity index is 775. The number of halogens is 1. The molecule has 0 aliphatic carbocycles. The second-order valence-corrected chi connectivity index (χ2v) is 7.86. The van der Waals surface area contributed by atoms with Crippen LogP contribution in [0.3, 0.4) is 0 Å². The molecule has 1 saturated heterocycles. The summed E-state index contributed by atoms with van der Waals surface area (Å²) in [6.45, 7) is 6.58. The first-order valence-corrected chi connectivity index (χ1v) is 10.2. The van der Waals surface area contributed by atoms with Gasteiger partial charge >= 0.3 is 0 Å². The van der Waals surface area contributed by atoms with Gasteiger partial charge in [-0.1, -0.05) is 13.8 Å². The maximum atomic E-state index is 13.9. The summed E-state index contributed by atoms with van der Waals surface area (Å²) in [7, 11) is 1.76. The molecule has 6 nitrogen and oxygen atoms in total. The SMILES string of the molecule is CN=C(NCCc1csc(C(C)C)n1)NC1CCN(c2ncccc2F)C1. The van der Waals surface area contributed by atoms with Crippen molar-refractivity contribution in [2.45, 2.75) is 38.6 Å². The van der Waals surface area contributed by atoms with Crippen molar-refractivity contribution in [1.82, 2.24) is 20.6 Å². The molecule has 2 aromatic heterocycles. The molecule has 3 heterocycles. The molecule has 0 aromatic carbocycles. The van der Waals surface area contributed by atoms with Crippen molar-refractivity contribution in [3.05, 3.63) is 40.2 Å². The van der Waals surface area contributed by atoms with E-state index >= 15 is 0 Å². The number of pyridine rings is 1. The number of hydrogen-bond donors (Lipinski definition) is 2. The van der Waals surface area contributed by atoms with Gasteiger partial charge in [0.05, 0.1) is 10.7 Å². The Hall–Kier alpha value is -2.22. The Balaban J connectivity index is 1.46. The lowest BCUT2D eigenvalue weighted by Gasteiger charge is -2.19. The third-order valence-corrected chi connectivity index (χ3v) is 5.72. The van der Waals surface area contributed by atoms with E-state index in [4.69, 9.17) is 0 Å². The Kier molecular flexibility index (Phi) is 6.60. The maximum Gasteiger partial charge on any atom is 0.191 e. The first kappa shape index (κ1) is 19.5. The summed E-state index contributed by atoms with van der Waals surface area (Å²) < 4.78 is 13.9. The predicted molar refractivity (Wildman–Crippen MR) is 109 cm³/mol. The van der Waals surface area contributed by atoms with E-state index in [9.17, 15) is 4.39 Å². The van der Waals surface area contributed by atoms with E-state index in [1.165, 1.54) is 11.1 Å². The van der Waals surface area contributed by atoms with Crippen LogP contribution in [0.15, 0.2) is 28.7 Å². The Labute approximate surface area is 163 Å². The van der Waals surface area contributed by atoms with Crippen LogP contribution in [-0.2, 0) is 6.42 Å². The molecule has 1 unspecified atom stereocenters. The summed E-state index contributed by atoms with van der Waals surface area (Å²) in [6.07, 6.45) is 3.41. The Morgan fingerprint density at radius 1 is 1.48 bits per heavy atom. The van der Waals surface area contributed by atoms with Gasteiger partial charge in [0.2, 0.25) is 0 Å². The van der Waals surface area contributed by atoms with E-state index in [1.807, 2.05) is 4.90 Å². The van der Waals surface area contributed by atoms with Crippen LogP contribution in [0.4, 0.5) is 10.2 Å². The largest absolute Gasteiger partial charge is 0.356 e. The zero-order chi connectivity index (χ0) is 19.2. The number of aliphatic imine (C=N–C) groups is 1. The fourth-order valence-electron chi connectivity index (χ4n) is 3.08. The van der Waals surface area contributed by atoms with Gasteiger partial charge in [-0.2, -0.15) is 0 Å². The van der Waals surface area contributed by atoms with Gasteiger partial charge in [-0.05, 0) is 18.6 Å². The van der Waals surface area contributed by atoms with Gasteiger partial charge in [-0.25, -0.2) is 14.4 Å². The molecule has 2 N–H and O–H groups in total. The Morgan fingerprint density at radius 3 is 3.04 bits per heavy atom. The zero-order valence-corrected chi connectivity index (χ0v) is 16.9. The summed E-state index contributed by atoms with van der Waals surface area (Å²) in [5.74, 6) is 1.39. The predicted octanol–water partition coefficient (Wildman–Crippen LogP) is 2.79. The highest BCUT2D eigenvalue weighted by molar-refractivity contribution is 7.09. The third-order valence-electron chi connectivity index (χ3n) is 4.53. The minimum atomic E-state index is -0.273. The minimum Gasteiger partial charge on any atom is -0.356 e. The molecule has 1 atom stereocenters. The zero-order valence-electron chi connectivity index (χ0n) is 16.1. The van der Waals surface area contributed by atoms with Gasteiger partial charge in [0, 0.05) is 56.6 Å². The highest BCUT2D eigenvalue weighted by Crippen LogP contribution is 2.21. The highest BCUT2D eigenvalue weighted by Gasteiger charge is 2.25. The molecule has 3 rings (SSSR count).